The van der Waals surface area contributed by atoms with Gasteiger partial charge >= 0.3 is 6.03 Å². The molecule has 2 aromatic carbocycles. The van der Waals surface area contributed by atoms with Gasteiger partial charge in [-0.3, -0.25) is 0 Å². The number of carbonyl (C=O) groups is 1. The van der Waals surface area contributed by atoms with E-state index in [0.29, 0.717) is 30.3 Å². The molecule has 2 rings (SSSR count). The number of nitrogens with one attached hydrogen (secondary N) is 1. The van der Waals surface area contributed by atoms with Crippen LogP contribution < -0.4 is 14.8 Å². The zero-order chi connectivity index (χ0) is 17.5. The molecule has 6 heteroatoms. The van der Waals surface area contributed by atoms with Crippen LogP contribution in [0.3, 0.4) is 0 Å². The smallest absolute Gasteiger partial charge is 0.322 e. The Morgan fingerprint density at radius 3 is 2.33 bits per heavy atom. The lowest BCUT2D eigenvalue weighted by atomic mass is 10.2. The first-order valence-electron chi connectivity index (χ1n) is 7.59. The van der Waals surface area contributed by atoms with Gasteiger partial charge in [0.25, 0.3) is 0 Å². The van der Waals surface area contributed by atoms with Gasteiger partial charge in [-0.05, 0) is 48.9 Å². The van der Waals surface area contributed by atoms with Crippen LogP contribution in [0.1, 0.15) is 12.5 Å². The van der Waals surface area contributed by atoms with E-state index in [9.17, 15) is 9.18 Å². The molecule has 0 saturated carbocycles. The molecule has 0 aromatic heterocycles. The van der Waals surface area contributed by atoms with Gasteiger partial charge in [-0.2, -0.15) is 0 Å². The van der Waals surface area contributed by atoms with Gasteiger partial charge in [0.1, 0.15) is 5.82 Å². The monoisotopic (exact) mass is 332 g/mol. The quantitative estimate of drug-likeness (QED) is 0.873. The summed E-state index contributed by atoms with van der Waals surface area (Å²) in [5.74, 6) is 0.913. The minimum Gasteiger partial charge on any atom is -0.493 e. The zero-order valence-electron chi connectivity index (χ0n) is 14.0. The molecule has 0 aliphatic heterocycles. The molecule has 0 aliphatic rings. The lowest BCUT2D eigenvalue weighted by Crippen LogP contribution is -2.34. The van der Waals surface area contributed by atoms with Crippen molar-refractivity contribution in [1.29, 1.82) is 0 Å². The highest BCUT2D eigenvalue weighted by atomic mass is 19.1. The van der Waals surface area contributed by atoms with Gasteiger partial charge < -0.3 is 19.7 Å². The van der Waals surface area contributed by atoms with Crippen molar-refractivity contribution in [2.75, 3.05) is 26.1 Å². The number of carbonyl (C=O) groups excluding carboxylic acids is 1. The van der Waals surface area contributed by atoms with E-state index in [4.69, 9.17) is 9.47 Å². The molecule has 0 unspecified atom stereocenters. The predicted octanol–water partition coefficient (Wildman–Crippen LogP) is 3.90. The molecule has 0 bridgehead atoms. The fourth-order valence-corrected chi connectivity index (χ4v) is 2.26. The third-order valence-corrected chi connectivity index (χ3v) is 3.59. The van der Waals surface area contributed by atoms with Gasteiger partial charge in [-0.25, -0.2) is 9.18 Å². The Labute approximate surface area is 141 Å². The number of amides is 2. The van der Waals surface area contributed by atoms with Crippen LogP contribution in [0, 0.1) is 5.82 Å². The number of halogens is 1. The number of anilines is 1. The van der Waals surface area contributed by atoms with E-state index in [1.807, 2.05) is 19.1 Å². The molecule has 0 aliphatic carbocycles. The van der Waals surface area contributed by atoms with Crippen LogP contribution in [0.4, 0.5) is 14.9 Å². The van der Waals surface area contributed by atoms with Crippen LogP contribution >= 0.6 is 0 Å². The van der Waals surface area contributed by atoms with Crippen LogP contribution in [-0.2, 0) is 6.54 Å². The van der Waals surface area contributed by atoms with Crippen molar-refractivity contribution in [2.24, 2.45) is 0 Å². The molecule has 128 valence electrons. The molecule has 0 saturated heterocycles. The molecule has 0 radical (unpaired) electrons. The van der Waals surface area contributed by atoms with Crippen LogP contribution in [0.15, 0.2) is 42.5 Å². The number of methoxy groups -OCH3 is 2. The normalized spacial score (nSPS) is 10.2. The first kappa shape index (κ1) is 17.6. The van der Waals surface area contributed by atoms with Gasteiger partial charge in [-0.1, -0.05) is 6.07 Å². The summed E-state index contributed by atoms with van der Waals surface area (Å²) in [5, 5.41) is 2.76. The number of hydrogen-bond donors (Lipinski definition) is 1. The Kier molecular flexibility index (Phi) is 6.01. The summed E-state index contributed by atoms with van der Waals surface area (Å²) >= 11 is 0. The predicted molar refractivity (Wildman–Crippen MR) is 91.0 cm³/mol. The molecular formula is C18H21FN2O3. The van der Waals surface area contributed by atoms with Crippen molar-refractivity contribution < 1.29 is 18.7 Å². The number of nitrogens with zero attached hydrogens (tertiary/aromatic N) is 1. The highest BCUT2D eigenvalue weighted by Gasteiger charge is 2.14. The molecule has 2 amide bonds. The van der Waals surface area contributed by atoms with Gasteiger partial charge in [0.05, 0.1) is 14.2 Å². The van der Waals surface area contributed by atoms with E-state index in [0.717, 1.165) is 5.56 Å². The third-order valence-electron chi connectivity index (χ3n) is 3.59. The first-order valence-corrected chi connectivity index (χ1v) is 7.59. The number of ether oxygens (including phenoxy) is 2. The summed E-state index contributed by atoms with van der Waals surface area (Å²) in [7, 11) is 3.15. The maximum Gasteiger partial charge on any atom is 0.322 e. The van der Waals surface area contributed by atoms with Crippen LogP contribution in [0.5, 0.6) is 11.5 Å². The highest BCUT2D eigenvalue weighted by molar-refractivity contribution is 5.89. The second-order valence-corrected chi connectivity index (χ2v) is 5.14. The number of benzene rings is 2. The lowest BCUT2D eigenvalue weighted by molar-refractivity contribution is 0.212. The minimum atomic E-state index is -0.342. The van der Waals surface area contributed by atoms with Gasteiger partial charge in [0.15, 0.2) is 11.5 Å². The maximum absolute atomic E-state index is 12.9. The summed E-state index contributed by atoms with van der Waals surface area (Å²) in [6.07, 6.45) is 0. The molecule has 24 heavy (non-hydrogen) atoms. The average Bonchev–Trinajstić information content (AvgIpc) is 2.61. The average molecular weight is 332 g/mol. The van der Waals surface area contributed by atoms with E-state index >= 15 is 0 Å². The molecule has 1 N–H and O–H groups in total. The van der Waals surface area contributed by atoms with E-state index < -0.39 is 0 Å². The summed E-state index contributed by atoms with van der Waals surface area (Å²) in [4.78, 5) is 14.0. The molecule has 0 fully saturated rings. The number of urea groups is 1. The molecule has 5 nitrogen and oxygen atoms in total. The van der Waals surface area contributed by atoms with Crippen molar-refractivity contribution in [2.45, 2.75) is 13.5 Å². The Morgan fingerprint density at radius 1 is 1.08 bits per heavy atom. The minimum absolute atomic E-state index is 0.251. The lowest BCUT2D eigenvalue weighted by Gasteiger charge is -2.22. The molecule has 0 spiro atoms. The van der Waals surface area contributed by atoms with E-state index in [2.05, 4.69) is 5.32 Å². The number of rotatable bonds is 6. The standard InChI is InChI=1S/C18H21FN2O3/c1-4-21(18(22)20-15-8-6-14(19)7-9-15)12-13-5-10-16(23-2)17(11-13)24-3/h5-11H,4,12H2,1-3H3,(H,20,22). The van der Waals surface area contributed by atoms with Crippen molar-refractivity contribution in [3.63, 3.8) is 0 Å². The Hall–Kier alpha value is -2.76. The summed E-state index contributed by atoms with van der Waals surface area (Å²) in [5.41, 5.74) is 1.47. The molecule has 0 heterocycles. The molecular weight excluding hydrogens is 311 g/mol. The SMILES string of the molecule is CCN(Cc1ccc(OC)c(OC)c1)C(=O)Nc1ccc(F)cc1. The molecule has 0 atom stereocenters. The second-order valence-electron chi connectivity index (χ2n) is 5.14. The maximum atomic E-state index is 12.9. The number of hydrogen-bond acceptors (Lipinski definition) is 3. The van der Waals surface area contributed by atoms with Crippen LogP contribution in [-0.4, -0.2) is 31.7 Å². The van der Waals surface area contributed by atoms with E-state index in [1.165, 1.54) is 24.3 Å². The van der Waals surface area contributed by atoms with Crippen molar-refractivity contribution in [3.8, 4) is 11.5 Å². The van der Waals surface area contributed by atoms with E-state index in [-0.39, 0.29) is 11.8 Å². The molecule has 2 aromatic rings. The zero-order valence-corrected chi connectivity index (χ0v) is 14.0. The Bertz CT molecular complexity index is 689. The highest BCUT2D eigenvalue weighted by Crippen LogP contribution is 2.28. The van der Waals surface area contributed by atoms with Crippen LogP contribution in [0.2, 0.25) is 0 Å². The van der Waals surface area contributed by atoms with Crippen LogP contribution in [0.25, 0.3) is 0 Å². The largest absolute Gasteiger partial charge is 0.493 e. The second kappa shape index (κ2) is 8.19. The van der Waals surface area contributed by atoms with Crippen molar-refractivity contribution in [3.05, 3.63) is 53.8 Å². The van der Waals surface area contributed by atoms with Gasteiger partial charge in [-0.15, -0.1) is 0 Å². The fraction of sp³-hybridized carbons (Fsp3) is 0.278. The van der Waals surface area contributed by atoms with Crippen molar-refractivity contribution >= 4 is 11.7 Å². The van der Waals surface area contributed by atoms with Gasteiger partial charge in [0, 0.05) is 18.8 Å². The first-order chi connectivity index (χ1) is 11.6. The van der Waals surface area contributed by atoms with Gasteiger partial charge in [0.2, 0.25) is 0 Å². The summed E-state index contributed by atoms with van der Waals surface area (Å²) in [6, 6.07) is 10.9. The Balaban J connectivity index is 2.08. The summed E-state index contributed by atoms with van der Waals surface area (Å²) in [6.45, 7) is 2.84. The third kappa shape index (κ3) is 4.38. The van der Waals surface area contributed by atoms with E-state index in [1.54, 1.807) is 25.2 Å². The van der Waals surface area contributed by atoms with Crippen molar-refractivity contribution in [1.82, 2.24) is 4.90 Å². The topological polar surface area (TPSA) is 50.8 Å². The Morgan fingerprint density at radius 2 is 1.75 bits per heavy atom. The summed E-state index contributed by atoms with van der Waals surface area (Å²) < 4.78 is 23.4. The fourth-order valence-electron chi connectivity index (χ4n) is 2.26.